The fourth-order valence-corrected chi connectivity index (χ4v) is 4.36. The summed E-state index contributed by atoms with van der Waals surface area (Å²) in [5.41, 5.74) is 2.66. The minimum atomic E-state index is -0.222. The van der Waals surface area contributed by atoms with Crippen LogP contribution >= 0.6 is 27.5 Å². The smallest absolute Gasteiger partial charge is 0.147 e. The Morgan fingerprint density at radius 3 is 2.82 bits per heavy atom. The van der Waals surface area contributed by atoms with Crippen molar-refractivity contribution in [3.05, 3.63) is 75.0 Å². The molecule has 0 bridgehead atoms. The van der Waals surface area contributed by atoms with E-state index in [9.17, 15) is 4.39 Å². The Bertz CT molecular complexity index is 774. The Morgan fingerprint density at radius 1 is 1.18 bits per heavy atom. The van der Waals surface area contributed by atoms with E-state index in [0.717, 1.165) is 27.0 Å². The van der Waals surface area contributed by atoms with Crippen molar-refractivity contribution < 1.29 is 4.39 Å². The third kappa shape index (κ3) is 2.19. The van der Waals surface area contributed by atoms with Gasteiger partial charge in [-0.3, -0.25) is 0 Å². The van der Waals surface area contributed by atoms with Gasteiger partial charge in [0.25, 0.3) is 0 Å². The van der Waals surface area contributed by atoms with Gasteiger partial charge >= 0.3 is 0 Å². The molecule has 0 saturated heterocycles. The molecule has 22 heavy (non-hydrogen) atoms. The number of nitrogens with one attached hydrogen (secondary N) is 1. The molecule has 3 atom stereocenters. The van der Waals surface area contributed by atoms with Crippen LogP contribution in [0.4, 0.5) is 10.1 Å². The zero-order valence-corrected chi connectivity index (χ0v) is 14.0. The number of hydrogen-bond donors (Lipinski definition) is 1. The first kappa shape index (κ1) is 14.3. The van der Waals surface area contributed by atoms with Crippen LogP contribution < -0.4 is 5.32 Å². The molecule has 0 saturated carbocycles. The van der Waals surface area contributed by atoms with Crippen molar-refractivity contribution in [1.82, 2.24) is 0 Å². The van der Waals surface area contributed by atoms with Gasteiger partial charge in [-0.15, -0.1) is 0 Å². The normalized spacial score (nSPS) is 25.5. The topological polar surface area (TPSA) is 12.0 Å². The van der Waals surface area contributed by atoms with Crippen LogP contribution in [-0.4, -0.2) is 0 Å². The molecular weight excluding hydrogens is 365 g/mol. The highest BCUT2D eigenvalue weighted by atomic mass is 79.9. The van der Waals surface area contributed by atoms with E-state index in [1.54, 1.807) is 0 Å². The lowest BCUT2D eigenvalue weighted by Crippen LogP contribution is -2.30. The highest BCUT2D eigenvalue weighted by Gasteiger charge is 2.39. The van der Waals surface area contributed by atoms with Gasteiger partial charge in [-0.05, 0) is 41.7 Å². The van der Waals surface area contributed by atoms with Gasteiger partial charge in [-0.2, -0.15) is 0 Å². The van der Waals surface area contributed by atoms with Crippen molar-refractivity contribution in [1.29, 1.82) is 0 Å². The second kappa shape index (κ2) is 5.39. The number of fused-ring (bicyclic) bond motifs is 3. The van der Waals surface area contributed by atoms with E-state index in [-0.39, 0.29) is 17.8 Å². The molecular formula is C18H14BrClFN. The molecule has 0 amide bonds. The van der Waals surface area contributed by atoms with Crippen molar-refractivity contribution in [2.45, 2.75) is 18.4 Å². The maximum Gasteiger partial charge on any atom is 0.147 e. The Kier molecular flexibility index (Phi) is 3.50. The maximum atomic E-state index is 14.4. The minimum Gasteiger partial charge on any atom is -0.375 e. The molecule has 4 heteroatoms. The van der Waals surface area contributed by atoms with Crippen molar-refractivity contribution in [2.75, 3.05) is 5.32 Å². The van der Waals surface area contributed by atoms with Gasteiger partial charge in [0.05, 0.1) is 11.7 Å². The first-order valence-corrected chi connectivity index (χ1v) is 8.49. The quantitative estimate of drug-likeness (QED) is 0.594. The van der Waals surface area contributed by atoms with Gasteiger partial charge < -0.3 is 5.32 Å². The van der Waals surface area contributed by atoms with E-state index in [2.05, 4.69) is 33.4 Å². The van der Waals surface area contributed by atoms with Crippen LogP contribution in [0.5, 0.6) is 0 Å². The lowest BCUT2D eigenvalue weighted by Gasteiger charge is -2.38. The average molecular weight is 379 g/mol. The number of allylic oxidation sites excluding steroid dienone is 2. The Morgan fingerprint density at radius 2 is 2.00 bits per heavy atom. The van der Waals surface area contributed by atoms with Crippen molar-refractivity contribution in [3.63, 3.8) is 0 Å². The van der Waals surface area contributed by atoms with Gasteiger partial charge in [-0.1, -0.05) is 57.9 Å². The summed E-state index contributed by atoms with van der Waals surface area (Å²) in [5, 5.41) is 4.13. The molecule has 2 aliphatic rings. The molecule has 0 aromatic heterocycles. The Balaban J connectivity index is 1.86. The number of halogens is 3. The van der Waals surface area contributed by atoms with Crippen molar-refractivity contribution in [2.24, 2.45) is 5.92 Å². The molecule has 0 radical (unpaired) electrons. The number of benzene rings is 2. The predicted octanol–water partition coefficient (Wildman–Crippen LogP) is 6.07. The zero-order chi connectivity index (χ0) is 15.3. The molecule has 0 fully saturated rings. The summed E-state index contributed by atoms with van der Waals surface area (Å²) in [7, 11) is 0. The number of rotatable bonds is 1. The molecule has 0 spiro atoms. The highest BCUT2D eigenvalue weighted by molar-refractivity contribution is 9.10. The van der Waals surface area contributed by atoms with Crippen LogP contribution in [0.25, 0.3) is 0 Å². The number of anilines is 1. The third-order valence-corrected chi connectivity index (χ3v) is 5.43. The summed E-state index contributed by atoms with van der Waals surface area (Å²) < 4.78 is 15.2. The largest absolute Gasteiger partial charge is 0.375 e. The van der Waals surface area contributed by atoms with E-state index < -0.39 is 0 Å². The summed E-state index contributed by atoms with van der Waals surface area (Å²) in [6.45, 7) is 0. The first-order valence-electron chi connectivity index (χ1n) is 7.31. The van der Waals surface area contributed by atoms with Crippen LogP contribution in [0, 0.1) is 11.7 Å². The van der Waals surface area contributed by atoms with Gasteiger partial charge in [0.2, 0.25) is 0 Å². The molecule has 0 unspecified atom stereocenters. The van der Waals surface area contributed by atoms with E-state index in [1.165, 1.54) is 6.07 Å². The lowest BCUT2D eigenvalue weighted by molar-refractivity contribution is 0.420. The summed E-state index contributed by atoms with van der Waals surface area (Å²) in [4.78, 5) is 0. The van der Waals surface area contributed by atoms with Crippen molar-refractivity contribution >= 4 is 33.2 Å². The summed E-state index contributed by atoms with van der Waals surface area (Å²) in [6, 6.07) is 11.4. The minimum absolute atomic E-state index is 0.0249. The predicted molar refractivity (Wildman–Crippen MR) is 91.9 cm³/mol. The molecule has 1 nitrogen and oxygen atoms in total. The fourth-order valence-electron chi connectivity index (χ4n) is 3.66. The van der Waals surface area contributed by atoms with Crippen LogP contribution in [0.15, 0.2) is 53.0 Å². The monoisotopic (exact) mass is 377 g/mol. The first-order chi connectivity index (χ1) is 10.6. The van der Waals surface area contributed by atoms with Crippen LogP contribution in [0.2, 0.25) is 5.02 Å². The van der Waals surface area contributed by atoms with E-state index in [0.29, 0.717) is 11.6 Å². The lowest BCUT2D eigenvalue weighted by atomic mass is 9.77. The van der Waals surface area contributed by atoms with Crippen LogP contribution in [0.1, 0.15) is 29.5 Å². The van der Waals surface area contributed by atoms with Crippen LogP contribution in [0.3, 0.4) is 0 Å². The summed E-state index contributed by atoms with van der Waals surface area (Å²) in [6.07, 6.45) is 5.36. The van der Waals surface area contributed by atoms with Gasteiger partial charge in [-0.25, -0.2) is 4.39 Å². The number of hydrogen-bond acceptors (Lipinski definition) is 1. The summed E-state index contributed by atoms with van der Waals surface area (Å²) >= 11 is 9.78. The molecule has 2 aromatic carbocycles. The molecule has 1 aliphatic heterocycles. The second-order valence-electron chi connectivity index (χ2n) is 5.85. The highest BCUT2D eigenvalue weighted by Crippen LogP contribution is 2.51. The molecule has 1 N–H and O–H groups in total. The molecule has 112 valence electrons. The van der Waals surface area contributed by atoms with E-state index >= 15 is 0 Å². The standard InChI is InChI=1S/C18H14BrClFN/c19-10-8-14-11-5-3-6-12(11)17(22-18(14)16(21)9-10)13-4-1-2-7-15(13)20/h1-5,7-9,11-12,17,22H,6H2/t11-,12-,17-/m0/s1. The van der Waals surface area contributed by atoms with E-state index in [4.69, 9.17) is 11.6 Å². The maximum absolute atomic E-state index is 14.4. The molecule has 2 aromatic rings. The molecule has 1 heterocycles. The second-order valence-corrected chi connectivity index (χ2v) is 7.17. The molecule has 1 aliphatic carbocycles. The third-order valence-electron chi connectivity index (χ3n) is 4.63. The van der Waals surface area contributed by atoms with Crippen LogP contribution in [-0.2, 0) is 0 Å². The van der Waals surface area contributed by atoms with Gasteiger partial charge in [0, 0.05) is 15.4 Å². The van der Waals surface area contributed by atoms with Gasteiger partial charge in [0.15, 0.2) is 0 Å². The SMILES string of the molecule is Fc1cc(Br)cc2c1N[C@H](c1ccccc1Cl)[C@H]1CC=C[C@H]21. The summed E-state index contributed by atoms with van der Waals surface area (Å²) in [5.74, 6) is 0.366. The zero-order valence-electron chi connectivity index (χ0n) is 11.7. The van der Waals surface area contributed by atoms with Crippen molar-refractivity contribution in [3.8, 4) is 0 Å². The Hall–Kier alpha value is -1.32. The van der Waals surface area contributed by atoms with E-state index in [1.807, 2.05) is 30.3 Å². The fraction of sp³-hybridized carbons (Fsp3) is 0.222. The average Bonchev–Trinajstić information content (AvgIpc) is 2.97. The van der Waals surface area contributed by atoms with Gasteiger partial charge in [0.1, 0.15) is 5.82 Å². The molecule has 4 rings (SSSR count). The Labute approximate surface area is 142 Å².